The molecule has 4 aromatic rings. The van der Waals surface area contributed by atoms with Crippen LogP contribution in [0.2, 0.25) is 0 Å². The van der Waals surface area contributed by atoms with Crippen molar-refractivity contribution in [2.24, 2.45) is 0 Å². The molecule has 0 aliphatic carbocycles. The summed E-state index contributed by atoms with van der Waals surface area (Å²) in [5, 5.41) is 11.8. The van der Waals surface area contributed by atoms with E-state index in [9.17, 15) is 4.79 Å². The Kier molecular flexibility index (Phi) is 6.55. The van der Waals surface area contributed by atoms with Gasteiger partial charge >= 0.3 is 0 Å². The van der Waals surface area contributed by atoms with Crippen molar-refractivity contribution in [3.8, 4) is 17.2 Å². The van der Waals surface area contributed by atoms with E-state index in [1.807, 2.05) is 67.6 Å². The quantitative estimate of drug-likeness (QED) is 0.391. The maximum absolute atomic E-state index is 12.4. The summed E-state index contributed by atoms with van der Waals surface area (Å²) in [4.78, 5) is 16.8. The molecule has 0 atom stereocenters. The van der Waals surface area contributed by atoms with Crippen molar-refractivity contribution in [1.29, 1.82) is 0 Å². The fraction of sp³-hybridized carbons (Fsp3) is 0.217. The van der Waals surface area contributed by atoms with Crippen LogP contribution < -0.4 is 14.8 Å². The van der Waals surface area contributed by atoms with E-state index in [2.05, 4.69) is 20.5 Å². The molecule has 9 heteroatoms. The first-order valence-corrected chi connectivity index (χ1v) is 11.1. The number of fused-ring (bicyclic) bond motifs is 1. The SMILES string of the molecule is CCOc1ccc(Oc2ccc(NC(=O)CSc3nnc4nc(C)cc(C)n34)cc2)cc1. The standard InChI is InChI=1S/C23H23N5O3S/c1-4-30-18-9-11-20(12-10-18)31-19-7-5-17(6-8-19)25-21(29)14-32-23-27-26-22-24-15(2)13-16(3)28(22)23/h5-13H,4,14H2,1-3H3,(H,25,29). The minimum Gasteiger partial charge on any atom is -0.494 e. The van der Waals surface area contributed by atoms with E-state index in [1.54, 1.807) is 12.1 Å². The van der Waals surface area contributed by atoms with Gasteiger partial charge in [-0.15, -0.1) is 10.2 Å². The van der Waals surface area contributed by atoms with Crippen molar-refractivity contribution in [3.05, 3.63) is 66.0 Å². The number of carbonyl (C=O) groups is 1. The number of aromatic nitrogens is 4. The van der Waals surface area contributed by atoms with Gasteiger partial charge in [-0.2, -0.15) is 0 Å². The Morgan fingerprint density at radius 3 is 2.34 bits per heavy atom. The Bertz CT molecular complexity index is 1220. The Morgan fingerprint density at radius 1 is 1.00 bits per heavy atom. The van der Waals surface area contributed by atoms with Crippen molar-refractivity contribution in [2.45, 2.75) is 25.9 Å². The molecule has 2 aromatic heterocycles. The van der Waals surface area contributed by atoms with Crippen LogP contribution in [0.15, 0.2) is 59.8 Å². The smallest absolute Gasteiger partial charge is 0.256 e. The maximum Gasteiger partial charge on any atom is 0.256 e. The minimum absolute atomic E-state index is 0.135. The van der Waals surface area contributed by atoms with Gasteiger partial charge in [-0.1, -0.05) is 11.8 Å². The largest absolute Gasteiger partial charge is 0.494 e. The van der Waals surface area contributed by atoms with E-state index in [4.69, 9.17) is 9.47 Å². The molecule has 2 aromatic carbocycles. The minimum atomic E-state index is -0.135. The molecule has 0 aliphatic heterocycles. The van der Waals surface area contributed by atoms with Gasteiger partial charge in [0.15, 0.2) is 5.16 Å². The third-order valence-electron chi connectivity index (χ3n) is 4.50. The van der Waals surface area contributed by atoms with Crippen LogP contribution in [0.1, 0.15) is 18.3 Å². The first-order chi connectivity index (χ1) is 15.5. The second-order valence-electron chi connectivity index (χ2n) is 7.02. The van der Waals surface area contributed by atoms with Crippen molar-refractivity contribution in [1.82, 2.24) is 19.6 Å². The lowest BCUT2D eigenvalue weighted by atomic mass is 10.3. The lowest BCUT2D eigenvalue weighted by Crippen LogP contribution is -2.14. The van der Waals surface area contributed by atoms with E-state index < -0.39 is 0 Å². The summed E-state index contributed by atoms with van der Waals surface area (Å²) in [6, 6.07) is 16.6. The number of hydrogen-bond donors (Lipinski definition) is 1. The Balaban J connectivity index is 1.32. The van der Waals surface area contributed by atoms with Crippen LogP contribution in [-0.4, -0.2) is 37.8 Å². The summed E-state index contributed by atoms with van der Waals surface area (Å²) in [5.41, 5.74) is 2.55. The van der Waals surface area contributed by atoms with Crippen molar-refractivity contribution in [3.63, 3.8) is 0 Å². The summed E-state index contributed by atoms with van der Waals surface area (Å²) in [6.07, 6.45) is 0. The number of thioether (sulfide) groups is 1. The van der Waals surface area contributed by atoms with Gasteiger partial charge in [-0.05, 0) is 75.4 Å². The van der Waals surface area contributed by atoms with Crippen LogP contribution >= 0.6 is 11.8 Å². The molecular weight excluding hydrogens is 426 g/mol. The molecule has 0 radical (unpaired) electrons. The third kappa shape index (κ3) is 5.17. The molecule has 0 bridgehead atoms. The topological polar surface area (TPSA) is 90.6 Å². The molecule has 0 aliphatic rings. The highest BCUT2D eigenvalue weighted by Gasteiger charge is 2.12. The fourth-order valence-electron chi connectivity index (χ4n) is 3.13. The van der Waals surface area contributed by atoms with Crippen LogP contribution in [0.5, 0.6) is 17.2 Å². The average Bonchev–Trinajstić information content (AvgIpc) is 3.18. The Labute approximate surface area is 190 Å². The first kappa shape index (κ1) is 21.6. The molecule has 2 heterocycles. The number of ether oxygens (including phenoxy) is 2. The number of hydrogen-bond acceptors (Lipinski definition) is 7. The number of aryl methyl sites for hydroxylation is 2. The lowest BCUT2D eigenvalue weighted by Gasteiger charge is -2.09. The summed E-state index contributed by atoms with van der Waals surface area (Å²) in [6.45, 7) is 6.44. The molecule has 0 spiro atoms. The zero-order valence-corrected chi connectivity index (χ0v) is 18.8. The molecule has 0 saturated heterocycles. The second-order valence-corrected chi connectivity index (χ2v) is 7.97. The van der Waals surface area contributed by atoms with E-state index in [-0.39, 0.29) is 11.7 Å². The van der Waals surface area contributed by atoms with E-state index in [0.29, 0.717) is 34.7 Å². The summed E-state index contributed by atoms with van der Waals surface area (Å²) in [5.74, 6) is 2.80. The number of carbonyl (C=O) groups excluding carboxylic acids is 1. The van der Waals surface area contributed by atoms with Crippen molar-refractivity contribution in [2.75, 3.05) is 17.7 Å². The van der Waals surface area contributed by atoms with Gasteiger partial charge in [0.25, 0.3) is 5.78 Å². The zero-order valence-electron chi connectivity index (χ0n) is 18.0. The molecule has 0 fully saturated rings. The van der Waals surface area contributed by atoms with Gasteiger partial charge in [0.1, 0.15) is 17.2 Å². The van der Waals surface area contributed by atoms with Crippen molar-refractivity contribution >= 4 is 29.1 Å². The molecule has 0 saturated carbocycles. The van der Waals surface area contributed by atoms with Crippen LogP contribution in [0.3, 0.4) is 0 Å². The predicted molar refractivity (Wildman–Crippen MR) is 124 cm³/mol. The molecule has 8 nitrogen and oxygen atoms in total. The van der Waals surface area contributed by atoms with E-state index in [0.717, 1.165) is 17.1 Å². The van der Waals surface area contributed by atoms with Gasteiger partial charge in [0, 0.05) is 17.1 Å². The van der Waals surface area contributed by atoms with Crippen LogP contribution in [0.25, 0.3) is 5.78 Å². The normalized spacial score (nSPS) is 10.8. The van der Waals surface area contributed by atoms with Crippen LogP contribution in [0, 0.1) is 13.8 Å². The number of amides is 1. The van der Waals surface area contributed by atoms with E-state index in [1.165, 1.54) is 11.8 Å². The average molecular weight is 450 g/mol. The number of anilines is 1. The van der Waals surface area contributed by atoms with Crippen LogP contribution in [-0.2, 0) is 4.79 Å². The molecular formula is C23H23N5O3S. The summed E-state index contributed by atoms with van der Waals surface area (Å²) >= 11 is 1.32. The van der Waals surface area contributed by atoms with Gasteiger partial charge in [-0.25, -0.2) is 4.98 Å². The summed E-state index contributed by atoms with van der Waals surface area (Å²) < 4.78 is 13.1. The van der Waals surface area contributed by atoms with Crippen molar-refractivity contribution < 1.29 is 14.3 Å². The highest BCUT2D eigenvalue weighted by atomic mass is 32.2. The van der Waals surface area contributed by atoms with Crippen LogP contribution in [0.4, 0.5) is 5.69 Å². The van der Waals surface area contributed by atoms with E-state index >= 15 is 0 Å². The molecule has 164 valence electrons. The summed E-state index contributed by atoms with van der Waals surface area (Å²) in [7, 11) is 0. The maximum atomic E-state index is 12.4. The molecule has 32 heavy (non-hydrogen) atoms. The monoisotopic (exact) mass is 449 g/mol. The number of benzene rings is 2. The van der Waals surface area contributed by atoms with Gasteiger partial charge in [0.05, 0.1) is 12.4 Å². The van der Waals surface area contributed by atoms with Gasteiger partial charge < -0.3 is 14.8 Å². The number of nitrogens with one attached hydrogen (secondary N) is 1. The van der Waals surface area contributed by atoms with Gasteiger partial charge in [0.2, 0.25) is 5.91 Å². The van der Waals surface area contributed by atoms with Gasteiger partial charge in [-0.3, -0.25) is 9.20 Å². The fourth-order valence-corrected chi connectivity index (χ4v) is 3.92. The highest BCUT2D eigenvalue weighted by molar-refractivity contribution is 7.99. The predicted octanol–water partition coefficient (Wildman–Crippen LogP) is 4.66. The third-order valence-corrected chi connectivity index (χ3v) is 5.43. The first-order valence-electron chi connectivity index (χ1n) is 10.1. The number of rotatable bonds is 8. The zero-order chi connectivity index (χ0) is 22.5. The molecule has 1 amide bonds. The lowest BCUT2D eigenvalue weighted by molar-refractivity contribution is -0.113. The Morgan fingerprint density at radius 2 is 1.66 bits per heavy atom. The number of nitrogens with zero attached hydrogens (tertiary/aromatic N) is 4. The molecule has 0 unspecified atom stereocenters. The highest BCUT2D eigenvalue weighted by Crippen LogP contribution is 2.25. The molecule has 1 N–H and O–H groups in total. The molecule has 4 rings (SSSR count). The Hall–Kier alpha value is -3.59. The second kappa shape index (κ2) is 9.69.